The number of aromatic amines is 1. The SMILES string of the molecule is CCC1(O)CCC(COc2ncc(S(=O)(=O)NC(=O)c3ccc(N4CCN(CC5=C(c6ccc(Cl)cc6)CC(C)(C)CC5)CC4)cc3Oc3cccc4[nH]ncc34)cc2Cl)CC1. The number of ether oxygens (including phenoxy) is 2. The molecule has 1 amide bonds. The highest BCUT2D eigenvalue weighted by Crippen LogP contribution is 2.44. The van der Waals surface area contributed by atoms with Crippen molar-refractivity contribution < 1.29 is 27.8 Å². The molecule has 0 bridgehead atoms. The van der Waals surface area contributed by atoms with Gasteiger partial charge in [-0.1, -0.05) is 67.7 Å². The summed E-state index contributed by atoms with van der Waals surface area (Å²) in [4.78, 5) is 22.6. The first-order valence-corrected chi connectivity index (χ1v) is 23.7. The van der Waals surface area contributed by atoms with Gasteiger partial charge in [-0.3, -0.25) is 14.8 Å². The molecule has 0 unspecified atom stereocenters. The van der Waals surface area contributed by atoms with E-state index in [1.807, 2.05) is 37.3 Å². The van der Waals surface area contributed by atoms with Gasteiger partial charge in [0.15, 0.2) is 0 Å². The van der Waals surface area contributed by atoms with Crippen molar-refractivity contribution in [3.05, 3.63) is 106 Å². The number of H-pyrrole nitrogens is 1. The molecule has 0 spiro atoms. The minimum Gasteiger partial charge on any atom is -0.476 e. The van der Waals surface area contributed by atoms with E-state index in [0.717, 1.165) is 87.3 Å². The van der Waals surface area contributed by atoms with E-state index in [9.17, 15) is 18.3 Å². The Bertz CT molecular complexity index is 2560. The third kappa shape index (κ3) is 10.1. The summed E-state index contributed by atoms with van der Waals surface area (Å²) in [7, 11) is -4.42. The summed E-state index contributed by atoms with van der Waals surface area (Å²) in [6.45, 7) is 11.1. The number of fused-ring (bicyclic) bond motifs is 1. The predicted molar refractivity (Wildman–Crippen MR) is 244 cm³/mol. The minimum atomic E-state index is -4.42. The van der Waals surface area contributed by atoms with Crippen LogP contribution in [0.15, 0.2) is 89.6 Å². The molecule has 62 heavy (non-hydrogen) atoms. The number of benzene rings is 3. The number of anilines is 1. The van der Waals surface area contributed by atoms with E-state index in [1.165, 1.54) is 22.8 Å². The van der Waals surface area contributed by atoms with E-state index in [2.05, 4.69) is 55.7 Å². The van der Waals surface area contributed by atoms with E-state index in [0.29, 0.717) is 37.0 Å². The van der Waals surface area contributed by atoms with Gasteiger partial charge in [0.2, 0.25) is 5.88 Å². The van der Waals surface area contributed by atoms with Crippen molar-refractivity contribution in [2.45, 2.75) is 82.6 Å². The van der Waals surface area contributed by atoms with E-state index in [1.54, 1.807) is 24.4 Å². The maximum Gasteiger partial charge on any atom is 0.268 e. The molecule has 8 rings (SSSR count). The molecule has 5 aromatic rings. The lowest BCUT2D eigenvalue weighted by molar-refractivity contribution is -0.0180. The average molecular weight is 902 g/mol. The molecule has 2 aliphatic carbocycles. The maximum absolute atomic E-state index is 13.9. The Morgan fingerprint density at radius 2 is 1.73 bits per heavy atom. The smallest absolute Gasteiger partial charge is 0.268 e. The summed E-state index contributed by atoms with van der Waals surface area (Å²) in [5.74, 6) is 0.0936. The van der Waals surface area contributed by atoms with Crippen LogP contribution in [0, 0.1) is 11.3 Å². The second-order valence-corrected chi connectivity index (χ2v) is 20.3. The fraction of sp³-hybridized carbons (Fsp3) is 0.426. The van der Waals surface area contributed by atoms with Crippen LogP contribution in [0.3, 0.4) is 0 Å². The van der Waals surface area contributed by atoms with E-state index in [4.69, 9.17) is 32.7 Å². The van der Waals surface area contributed by atoms with E-state index >= 15 is 0 Å². The highest BCUT2D eigenvalue weighted by atomic mass is 35.5. The van der Waals surface area contributed by atoms with Crippen LogP contribution in [0.5, 0.6) is 17.4 Å². The van der Waals surface area contributed by atoms with Gasteiger partial charge in [0.25, 0.3) is 15.9 Å². The number of piperazine rings is 1. The molecule has 0 atom stereocenters. The molecule has 3 N–H and O–H groups in total. The second kappa shape index (κ2) is 18.2. The molecular weight excluding hydrogens is 848 g/mol. The molecule has 328 valence electrons. The first-order chi connectivity index (χ1) is 29.7. The van der Waals surface area contributed by atoms with Gasteiger partial charge in [0.1, 0.15) is 21.4 Å². The third-order valence-corrected chi connectivity index (χ3v) is 14.7. The van der Waals surface area contributed by atoms with Crippen molar-refractivity contribution in [2.24, 2.45) is 11.3 Å². The highest BCUT2D eigenvalue weighted by molar-refractivity contribution is 7.90. The molecule has 3 aliphatic rings. The Morgan fingerprint density at radius 3 is 2.45 bits per heavy atom. The van der Waals surface area contributed by atoms with Crippen molar-refractivity contribution in [3.63, 3.8) is 0 Å². The largest absolute Gasteiger partial charge is 0.476 e. The summed E-state index contributed by atoms with van der Waals surface area (Å²) in [6, 6.07) is 20.1. The Kier molecular flexibility index (Phi) is 12.9. The van der Waals surface area contributed by atoms with Gasteiger partial charge < -0.3 is 19.5 Å². The van der Waals surface area contributed by atoms with Crippen LogP contribution >= 0.6 is 23.2 Å². The number of carbonyl (C=O) groups is 1. The third-order valence-electron chi connectivity index (χ3n) is 12.9. The summed E-state index contributed by atoms with van der Waals surface area (Å²) in [5.41, 5.74) is 5.39. The van der Waals surface area contributed by atoms with E-state index in [-0.39, 0.29) is 38.4 Å². The molecule has 2 aromatic heterocycles. The summed E-state index contributed by atoms with van der Waals surface area (Å²) < 4.78 is 41.8. The Balaban J connectivity index is 0.974. The molecule has 12 nitrogen and oxygen atoms in total. The van der Waals surface area contributed by atoms with Crippen LogP contribution in [0.25, 0.3) is 16.5 Å². The molecule has 3 aromatic carbocycles. The minimum absolute atomic E-state index is 0.00397. The zero-order valence-electron chi connectivity index (χ0n) is 35.4. The van der Waals surface area contributed by atoms with Crippen LogP contribution < -0.4 is 19.1 Å². The standard InChI is InChI=1S/C47H54Cl2N6O6S/c1-4-47(57)18-14-31(15-19-47)30-60-45-40(49)25-36(27-50-45)62(58,59)53-44(56)37-13-12-35(24-43(37)61-42-7-5-6-41-39(42)28-51-52-41)55-22-20-54(21-23-55)29-33-16-17-46(2,3)26-38(33)32-8-10-34(48)11-9-32/h5-13,24-25,27-28,31,57H,4,14-23,26,29-30H2,1-3H3,(H,51,52)(H,53,56). The van der Waals surface area contributed by atoms with Gasteiger partial charge in [0, 0.05) is 49.5 Å². The van der Waals surface area contributed by atoms with Crippen molar-refractivity contribution in [3.8, 4) is 17.4 Å². The number of carbonyl (C=O) groups excluding carboxylic acids is 1. The van der Waals surface area contributed by atoms with E-state index < -0.39 is 21.5 Å². The lowest BCUT2D eigenvalue weighted by atomic mass is 9.72. The number of allylic oxidation sites excluding steroid dienone is 1. The number of amides is 1. The monoisotopic (exact) mass is 900 g/mol. The Hall–Kier alpha value is -4.66. The first kappa shape index (κ1) is 44.0. The summed E-state index contributed by atoms with van der Waals surface area (Å²) in [6.07, 6.45) is 9.74. The maximum atomic E-state index is 13.9. The topological polar surface area (TPSA) is 150 Å². The molecule has 0 radical (unpaired) electrons. The molecule has 1 saturated heterocycles. The number of hydrogen-bond acceptors (Lipinski definition) is 10. The van der Waals surface area contributed by atoms with Crippen LogP contribution in [0.1, 0.15) is 88.1 Å². The van der Waals surface area contributed by atoms with Gasteiger partial charge in [-0.2, -0.15) is 5.10 Å². The zero-order valence-corrected chi connectivity index (χ0v) is 37.8. The summed E-state index contributed by atoms with van der Waals surface area (Å²) >= 11 is 12.7. The number of nitrogens with one attached hydrogen (secondary N) is 2. The number of pyridine rings is 1. The Morgan fingerprint density at radius 1 is 0.968 bits per heavy atom. The van der Waals surface area contributed by atoms with Gasteiger partial charge in [-0.25, -0.2) is 18.1 Å². The molecule has 15 heteroatoms. The highest BCUT2D eigenvalue weighted by Gasteiger charge is 2.33. The van der Waals surface area contributed by atoms with Crippen LogP contribution in [0.4, 0.5) is 5.69 Å². The molecule has 1 aliphatic heterocycles. The normalized spacial score (nSPS) is 20.9. The van der Waals surface area contributed by atoms with Crippen molar-refractivity contribution in [1.82, 2.24) is 24.8 Å². The number of hydrogen-bond donors (Lipinski definition) is 3. The quantitative estimate of drug-likeness (QED) is 0.104. The first-order valence-electron chi connectivity index (χ1n) is 21.4. The second-order valence-electron chi connectivity index (χ2n) is 17.8. The zero-order chi connectivity index (χ0) is 43.6. The number of rotatable bonds is 13. The van der Waals surface area contributed by atoms with Gasteiger partial charge >= 0.3 is 0 Å². The van der Waals surface area contributed by atoms with Crippen molar-refractivity contribution in [1.29, 1.82) is 0 Å². The summed E-state index contributed by atoms with van der Waals surface area (Å²) in [5, 5.41) is 19.1. The number of halogens is 2. The van der Waals surface area contributed by atoms with Crippen molar-refractivity contribution in [2.75, 3.05) is 44.2 Å². The van der Waals surface area contributed by atoms with Gasteiger partial charge in [-0.05, 0) is 116 Å². The van der Waals surface area contributed by atoms with Crippen LogP contribution in [-0.2, 0) is 10.0 Å². The van der Waals surface area contributed by atoms with Crippen LogP contribution in [-0.4, -0.2) is 84.4 Å². The number of nitrogens with zero attached hydrogens (tertiary/aromatic N) is 4. The molecule has 3 heterocycles. The number of aromatic nitrogens is 3. The van der Waals surface area contributed by atoms with Gasteiger partial charge in [0.05, 0.1) is 41.1 Å². The lowest BCUT2D eigenvalue weighted by Gasteiger charge is -2.39. The predicted octanol–water partition coefficient (Wildman–Crippen LogP) is 9.67. The molecule has 2 fully saturated rings. The van der Waals surface area contributed by atoms with Crippen LogP contribution in [0.2, 0.25) is 10.0 Å². The molecule has 1 saturated carbocycles. The average Bonchev–Trinajstić information content (AvgIpc) is 3.75. The lowest BCUT2D eigenvalue weighted by Crippen LogP contribution is -2.47. The van der Waals surface area contributed by atoms with Gasteiger partial charge in [-0.15, -0.1) is 0 Å². The number of sulfonamides is 1. The Labute approximate surface area is 373 Å². The fourth-order valence-corrected chi connectivity index (χ4v) is 10.2. The van der Waals surface area contributed by atoms with Crippen molar-refractivity contribution >= 4 is 61.3 Å². The number of aliphatic hydroxyl groups is 1. The fourth-order valence-electron chi connectivity index (χ4n) is 8.86. The molecular formula is C47H54Cl2N6O6S.